The van der Waals surface area contributed by atoms with Gasteiger partial charge in [0.1, 0.15) is 5.82 Å². The highest BCUT2D eigenvalue weighted by atomic mass is 16.5. The average Bonchev–Trinajstić information content (AvgIpc) is 3.35. The lowest BCUT2D eigenvalue weighted by Crippen LogP contribution is -2.48. The predicted octanol–water partition coefficient (Wildman–Crippen LogP) is 1.64. The van der Waals surface area contributed by atoms with Crippen LogP contribution in [0.3, 0.4) is 0 Å². The maximum atomic E-state index is 6.04. The van der Waals surface area contributed by atoms with Gasteiger partial charge in [-0.2, -0.15) is 4.98 Å². The summed E-state index contributed by atoms with van der Waals surface area (Å²) in [6.45, 7) is 8.74. The second-order valence-electron chi connectivity index (χ2n) is 7.57. The summed E-state index contributed by atoms with van der Waals surface area (Å²) in [7, 11) is 0. The van der Waals surface area contributed by atoms with E-state index < -0.39 is 0 Å². The predicted molar refractivity (Wildman–Crippen MR) is 97.4 cm³/mol. The van der Waals surface area contributed by atoms with Crippen LogP contribution in [0.25, 0.3) is 0 Å². The topological polar surface area (TPSA) is 72.2 Å². The Kier molecular flexibility index (Phi) is 3.81. The van der Waals surface area contributed by atoms with Crippen molar-refractivity contribution < 1.29 is 4.74 Å². The Morgan fingerprint density at radius 3 is 2.77 bits per heavy atom. The zero-order valence-corrected chi connectivity index (χ0v) is 15.4. The van der Waals surface area contributed by atoms with Crippen LogP contribution in [0.4, 0.5) is 11.8 Å². The van der Waals surface area contributed by atoms with E-state index in [4.69, 9.17) is 14.7 Å². The van der Waals surface area contributed by atoms with Crippen molar-refractivity contribution in [3.8, 4) is 0 Å². The van der Waals surface area contributed by atoms with Gasteiger partial charge in [0.15, 0.2) is 0 Å². The van der Waals surface area contributed by atoms with Gasteiger partial charge in [0, 0.05) is 37.4 Å². The van der Waals surface area contributed by atoms with E-state index >= 15 is 0 Å². The second kappa shape index (κ2) is 6.19. The Morgan fingerprint density at radius 1 is 1.08 bits per heavy atom. The lowest BCUT2D eigenvalue weighted by Gasteiger charge is -2.42. The van der Waals surface area contributed by atoms with Gasteiger partial charge in [0.05, 0.1) is 30.6 Å². The minimum Gasteiger partial charge on any atom is -0.370 e. The Bertz CT molecular complexity index is 814. The first-order valence-corrected chi connectivity index (χ1v) is 9.56. The summed E-state index contributed by atoms with van der Waals surface area (Å²) < 4.78 is 8.09. The maximum Gasteiger partial charge on any atom is 0.227 e. The van der Waals surface area contributed by atoms with Gasteiger partial charge >= 0.3 is 0 Å². The van der Waals surface area contributed by atoms with Gasteiger partial charge in [-0.1, -0.05) is 5.21 Å². The molecular weight excluding hydrogens is 330 g/mol. The van der Waals surface area contributed by atoms with Crippen molar-refractivity contribution >= 4 is 11.8 Å². The van der Waals surface area contributed by atoms with Crippen molar-refractivity contribution in [3.63, 3.8) is 0 Å². The summed E-state index contributed by atoms with van der Waals surface area (Å²) in [6.07, 6.45) is 5.45. The molecule has 5 heterocycles. The Morgan fingerprint density at radius 2 is 1.92 bits per heavy atom. The van der Waals surface area contributed by atoms with Gasteiger partial charge in [0.2, 0.25) is 5.95 Å². The van der Waals surface area contributed by atoms with E-state index in [1.54, 1.807) is 6.20 Å². The molecular formula is C18H25N7O. The van der Waals surface area contributed by atoms with Crippen LogP contribution >= 0.6 is 0 Å². The first-order valence-electron chi connectivity index (χ1n) is 9.56. The molecule has 5 rings (SSSR count). The largest absolute Gasteiger partial charge is 0.370 e. The molecule has 0 unspecified atom stereocenters. The third kappa shape index (κ3) is 2.55. The highest BCUT2D eigenvalue weighted by Gasteiger charge is 2.37. The van der Waals surface area contributed by atoms with Crippen LogP contribution in [-0.4, -0.2) is 57.2 Å². The molecule has 3 aliphatic heterocycles. The Labute approximate surface area is 153 Å². The quantitative estimate of drug-likeness (QED) is 0.811. The van der Waals surface area contributed by atoms with Gasteiger partial charge in [0.25, 0.3) is 0 Å². The number of hydrogen-bond donors (Lipinski definition) is 0. The van der Waals surface area contributed by atoms with Gasteiger partial charge in [-0.25, -0.2) is 9.67 Å². The van der Waals surface area contributed by atoms with Crippen molar-refractivity contribution in [3.05, 3.63) is 23.1 Å². The molecule has 0 saturated carbocycles. The average molecular weight is 355 g/mol. The third-order valence-electron chi connectivity index (χ3n) is 5.97. The van der Waals surface area contributed by atoms with E-state index in [-0.39, 0.29) is 12.1 Å². The fourth-order valence-corrected chi connectivity index (χ4v) is 4.34. The van der Waals surface area contributed by atoms with E-state index in [0.717, 1.165) is 55.8 Å². The highest BCUT2D eigenvalue weighted by Crippen LogP contribution is 2.34. The number of aromatic nitrogens is 5. The summed E-state index contributed by atoms with van der Waals surface area (Å²) in [5.41, 5.74) is 3.30. The third-order valence-corrected chi connectivity index (χ3v) is 5.97. The second-order valence-corrected chi connectivity index (χ2v) is 7.57. The molecule has 138 valence electrons. The molecule has 2 aromatic rings. The molecule has 0 spiro atoms. The molecule has 0 radical (unpaired) electrons. The summed E-state index contributed by atoms with van der Waals surface area (Å²) in [5.74, 6) is 1.94. The van der Waals surface area contributed by atoms with Crippen LogP contribution in [0.15, 0.2) is 6.20 Å². The summed E-state index contributed by atoms with van der Waals surface area (Å²) in [4.78, 5) is 14.4. The number of anilines is 2. The number of nitrogens with zero attached hydrogens (tertiary/aromatic N) is 7. The molecule has 0 bridgehead atoms. The van der Waals surface area contributed by atoms with E-state index in [9.17, 15) is 0 Å². The molecule has 8 heteroatoms. The number of fused-ring (bicyclic) bond motifs is 3. The van der Waals surface area contributed by atoms with Gasteiger partial charge < -0.3 is 14.5 Å². The molecule has 2 fully saturated rings. The molecule has 0 aromatic carbocycles. The van der Waals surface area contributed by atoms with Crippen molar-refractivity contribution in [2.24, 2.45) is 0 Å². The number of piperidine rings is 1. The van der Waals surface area contributed by atoms with Gasteiger partial charge in [-0.3, -0.25) is 0 Å². The van der Waals surface area contributed by atoms with Crippen LogP contribution in [0.5, 0.6) is 0 Å². The fraction of sp³-hybridized carbons (Fsp3) is 0.667. The zero-order chi connectivity index (χ0) is 17.7. The number of hydrogen-bond acceptors (Lipinski definition) is 7. The normalized spacial score (nSPS) is 25.3. The highest BCUT2D eigenvalue weighted by molar-refractivity contribution is 5.53. The number of rotatable bonds is 2. The smallest absolute Gasteiger partial charge is 0.227 e. The van der Waals surface area contributed by atoms with E-state index in [2.05, 4.69) is 34.0 Å². The summed E-state index contributed by atoms with van der Waals surface area (Å²) in [6, 6.07) is 0.194. The molecule has 26 heavy (non-hydrogen) atoms. The van der Waals surface area contributed by atoms with Crippen LogP contribution in [0.1, 0.15) is 42.3 Å². The van der Waals surface area contributed by atoms with E-state index in [1.807, 2.05) is 4.68 Å². The molecule has 2 saturated heterocycles. The molecule has 0 amide bonds. The van der Waals surface area contributed by atoms with Gasteiger partial charge in [-0.15, -0.1) is 5.10 Å². The van der Waals surface area contributed by atoms with Crippen molar-refractivity contribution in [1.82, 2.24) is 25.0 Å². The molecule has 3 aliphatic rings. The molecule has 2 aromatic heterocycles. The van der Waals surface area contributed by atoms with Gasteiger partial charge in [-0.05, 0) is 33.1 Å². The SMILES string of the molecule is Cc1nc(N2CCCC2)nc(N2CC[C@H]3OCc4cnnn4[C@@H]3C2)c1C. The first kappa shape index (κ1) is 16.0. The fourth-order valence-electron chi connectivity index (χ4n) is 4.34. The molecule has 2 atom stereocenters. The standard InChI is InChI=1S/C18H25N7O/c1-12-13(2)20-18(23-6-3-4-7-23)21-17(12)24-8-5-16-15(10-24)25-14(11-26-16)9-19-22-25/h9,15-16H,3-8,10-11H2,1-2H3/t15-,16-/m1/s1. The zero-order valence-electron chi connectivity index (χ0n) is 15.4. The van der Waals surface area contributed by atoms with Crippen LogP contribution in [0, 0.1) is 13.8 Å². The van der Waals surface area contributed by atoms with Crippen LogP contribution in [0.2, 0.25) is 0 Å². The minimum atomic E-state index is 0.194. The van der Waals surface area contributed by atoms with E-state index in [0.29, 0.717) is 6.61 Å². The Hall–Kier alpha value is -2.22. The summed E-state index contributed by atoms with van der Waals surface area (Å²) in [5, 5.41) is 8.38. The lowest BCUT2D eigenvalue weighted by molar-refractivity contribution is -0.0373. The maximum absolute atomic E-state index is 6.04. The first-order chi connectivity index (χ1) is 12.7. The lowest BCUT2D eigenvalue weighted by atomic mass is 10.00. The molecule has 0 aliphatic carbocycles. The van der Waals surface area contributed by atoms with Crippen LogP contribution < -0.4 is 9.80 Å². The summed E-state index contributed by atoms with van der Waals surface area (Å²) >= 11 is 0. The number of aryl methyl sites for hydroxylation is 1. The van der Waals surface area contributed by atoms with Crippen molar-refractivity contribution in [1.29, 1.82) is 0 Å². The van der Waals surface area contributed by atoms with E-state index in [1.165, 1.54) is 18.4 Å². The number of ether oxygens (including phenoxy) is 1. The Balaban J connectivity index is 1.47. The molecule has 0 N–H and O–H groups in total. The monoisotopic (exact) mass is 355 g/mol. The van der Waals surface area contributed by atoms with Crippen molar-refractivity contribution in [2.45, 2.75) is 51.9 Å². The molecule has 8 nitrogen and oxygen atoms in total. The minimum absolute atomic E-state index is 0.194. The van der Waals surface area contributed by atoms with Crippen LogP contribution in [-0.2, 0) is 11.3 Å². The van der Waals surface area contributed by atoms with Crippen molar-refractivity contribution in [2.75, 3.05) is 36.0 Å².